The van der Waals surface area contributed by atoms with E-state index in [4.69, 9.17) is 0 Å². The van der Waals surface area contributed by atoms with Gasteiger partial charge in [0.15, 0.2) is 0 Å². The van der Waals surface area contributed by atoms with Crippen molar-refractivity contribution < 1.29 is 0 Å². The third-order valence-corrected chi connectivity index (χ3v) is 4.72. The molecular weight excluding hydrogens is 226 g/mol. The highest BCUT2D eigenvalue weighted by Crippen LogP contribution is 2.26. The van der Waals surface area contributed by atoms with Crippen molar-refractivity contribution in [1.82, 2.24) is 5.32 Å². The summed E-state index contributed by atoms with van der Waals surface area (Å²) < 4.78 is 0.389. The smallest absolute Gasteiger partial charge is 0.0158 e. The van der Waals surface area contributed by atoms with Crippen molar-refractivity contribution in [2.24, 2.45) is 5.92 Å². The molecule has 17 heavy (non-hydrogen) atoms. The number of hydrogen-bond acceptors (Lipinski definition) is 2. The van der Waals surface area contributed by atoms with Gasteiger partial charge in [-0.25, -0.2) is 0 Å². The van der Waals surface area contributed by atoms with Gasteiger partial charge in [0.1, 0.15) is 0 Å². The molecule has 0 saturated heterocycles. The molecule has 0 heterocycles. The Labute approximate surface area is 114 Å². The highest BCUT2D eigenvalue weighted by molar-refractivity contribution is 8.00. The molecule has 0 aromatic heterocycles. The Balaban J connectivity index is 3.99. The van der Waals surface area contributed by atoms with E-state index < -0.39 is 0 Å². The maximum absolute atomic E-state index is 3.50. The molecule has 0 aromatic rings. The van der Waals surface area contributed by atoms with E-state index in [1.165, 1.54) is 37.9 Å². The molecule has 1 N–H and O–H groups in total. The van der Waals surface area contributed by atoms with Crippen LogP contribution in [0.25, 0.3) is 0 Å². The molecule has 2 unspecified atom stereocenters. The zero-order chi connectivity index (χ0) is 13.3. The van der Waals surface area contributed by atoms with Crippen LogP contribution in [0.4, 0.5) is 0 Å². The molecule has 0 spiro atoms. The lowest BCUT2D eigenvalue weighted by molar-refractivity contribution is 0.375. The van der Waals surface area contributed by atoms with Crippen LogP contribution < -0.4 is 5.32 Å². The largest absolute Gasteiger partial charge is 0.316 e. The second-order valence-electron chi connectivity index (χ2n) is 6.06. The second-order valence-corrected chi connectivity index (χ2v) is 7.91. The van der Waals surface area contributed by atoms with Crippen molar-refractivity contribution in [1.29, 1.82) is 0 Å². The van der Waals surface area contributed by atoms with Gasteiger partial charge in [0.25, 0.3) is 0 Å². The Hall–Kier alpha value is 0.310. The summed E-state index contributed by atoms with van der Waals surface area (Å²) in [6.07, 6.45) is 6.80. The van der Waals surface area contributed by atoms with Crippen LogP contribution in [-0.2, 0) is 0 Å². The zero-order valence-electron chi connectivity index (χ0n) is 12.8. The first-order valence-corrected chi connectivity index (χ1v) is 8.22. The maximum atomic E-state index is 3.50. The minimum atomic E-state index is 0.389. The normalized spacial score (nSPS) is 15.9. The Morgan fingerprint density at radius 3 is 2.24 bits per heavy atom. The number of unbranched alkanes of at least 4 members (excludes halogenated alkanes) is 1. The van der Waals surface area contributed by atoms with E-state index in [1.807, 2.05) is 0 Å². The molecule has 0 aliphatic heterocycles. The Morgan fingerprint density at radius 1 is 1.18 bits per heavy atom. The van der Waals surface area contributed by atoms with Crippen LogP contribution in [0, 0.1) is 5.92 Å². The van der Waals surface area contributed by atoms with Crippen LogP contribution in [-0.4, -0.2) is 23.6 Å². The van der Waals surface area contributed by atoms with E-state index in [0.29, 0.717) is 10.8 Å². The molecule has 0 rings (SSSR count). The van der Waals surface area contributed by atoms with Gasteiger partial charge in [-0.3, -0.25) is 0 Å². The van der Waals surface area contributed by atoms with E-state index in [1.54, 1.807) is 0 Å². The number of hydrogen-bond donors (Lipinski definition) is 1. The zero-order valence-corrected chi connectivity index (χ0v) is 13.6. The van der Waals surface area contributed by atoms with E-state index in [0.717, 1.165) is 5.92 Å². The minimum Gasteiger partial charge on any atom is -0.316 e. The van der Waals surface area contributed by atoms with Gasteiger partial charge in [-0.1, -0.05) is 60.3 Å². The molecule has 0 aliphatic rings. The Kier molecular flexibility index (Phi) is 9.44. The fourth-order valence-corrected chi connectivity index (χ4v) is 3.01. The van der Waals surface area contributed by atoms with Gasteiger partial charge < -0.3 is 5.32 Å². The SMILES string of the molecule is CCCCC(CC)CC(CSC(C)(C)C)NC. The van der Waals surface area contributed by atoms with Crippen LogP contribution >= 0.6 is 11.8 Å². The summed E-state index contributed by atoms with van der Waals surface area (Å²) in [6, 6.07) is 0.682. The molecule has 2 heteroatoms. The van der Waals surface area contributed by atoms with Gasteiger partial charge >= 0.3 is 0 Å². The van der Waals surface area contributed by atoms with Crippen molar-refractivity contribution in [2.45, 2.75) is 77.5 Å². The topological polar surface area (TPSA) is 12.0 Å². The highest BCUT2D eigenvalue weighted by Gasteiger charge is 2.17. The van der Waals surface area contributed by atoms with Crippen LogP contribution in [0.3, 0.4) is 0 Å². The third-order valence-electron chi connectivity index (χ3n) is 3.29. The summed E-state index contributed by atoms with van der Waals surface area (Å²) in [7, 11) is 2.11. The predicted molar refractivity (Wildman–Crippen MR) is 83.0 cm³/mol. The first-order chi connectivity index (χ1) is 7.92. The molecule has 0 amide bonds. The molecule has 104 valence electrons. The van der Waals surface area contributed by atoms with Gasteiger partial charge in [-0.2, -0.15) is 11.8 Å². The van der Waals surface area contributed by atoms with E-state index in [9.17, 15) is 0 Å². The van der Waals surface area contributed by atoms with Gasteiger partial charge in [-0.15, -0.1) is 0 Å². The minimum absolute atomic E-state index is 0.389. The van der Waals surface area contributed by atoms with Crippen molar-refractivity contribution in [3.05, 3.63) is 0 Å². The second kappa shape index (κ2) is 9.27. The highest BCUT2D eigenvalue weighted by atomic mass is 32.2. The standard InChI is InChI=1S/C15H33NS/c1-7-9-10-13(8-2)11-14(16-6)12-17-15(3,4)5/h13-14,16H,7-12H2,1-6H3. The van der Waals surface area contributed by atoms with Crippen LogP contribution in [0.2, 0.25) is 0 Å². The lowest BCUT2D eigenvalue weighted by Crippen LogP contribution is -2.31. The quantitative estimate of drug-likeness (QED) is 0.643. The summed E-state index contributed by atoms with van der Waals surface area (Å²) >= 11 is 2.08. The molecule has 0 bridgehead atoms. The van der Waals surface area contributed by atoms with Crippen molar-refractivity contribution >= 4 is 11.8 Å². The first kappa shape index (κ1) is 17.3. The molecule has 0 saturated carbocycles. The fraction of sp³-hybridized carbons (Fsp3) is 1.00. The first-order valence-electron chi connectivity index (χ1n) is 7.24. The van der Waals surface area contributed by atoms with E-state index >= 15 is 0 Å². The molecule has 1 nitrogen and oxygen atoms in total. The summed E-state index contributed by atoms with van der Waals surface area (Å²) in [5.41, 5.74) is 0. The van der Waals surface area contributed by atoms with E-state index in [2.05, 4.69) is 58.7 Å². The van der Waals surface area contributed by atoms with Crippen LogP contribution in [0.5, 0.6) is 0 Å². The lowest BCUT2D eigenvalue weighted by Gasteiger charge is -2.25. The molecule has 0 aromatic carbocycles. The van der Waals surface area contributed by atoms with Gasteiger partial charge in [-0.05, 0) is 19.4 Å². The number of thioether (sulfide) groups is 1. The van der Waals surface area contributed by atoms with Crippen molar-refractivity contribution in [3.8, 4) is 0 Å². The van der Waals surface area contributed by atoms with E-state index in [-0.39, 0.29) is 0 Å². The van der Waals surface area contributed by atoms with Crippen LogP contribution in [0.1, 0.15) is 66.7 Å². The predicted octanol–water partition coefficient (Wildman–Crippen LogP) is 4.71. The summed E-state index contributed by atoms with van der Waals surface area (Å²) in [4.78, 5) is 0. The fourth-order valence-electron chi connectivity index (χ4n) is 2.00. The Bertz CT molecular complexity index is 174. The third kappa shape index (κ3) is 9.96. The summed E-state index contributed by atoms with van der Waals surface area (Å²) in [5.74, 6) is 2.15. The molecule has 0 aliphatic carbocycles. The lowest BCUT2D eigenvalue weighted by atomic mass is 9.93. The van der Waals surface area contributed by atoms with Crippen LogP contribution in [0.15, 0.2) is 0 Å². The average molecular weight is 260 g/mol. The Morgan fingerprint density at radius 2 is 1.82 bits per heavy atom. The van der Waals surface area contributed by atoms with Crippen molar-refractivity contribution in [2.75, 3.05) is 12.8 Å². The van der Waals surface area contributed by atoms with Crippen molar-refractivity contribution in [3.63, 3.8) is 0 Å². The summed E-state index contributed by atoms with van der Waals surface area (Å²) in [6.45, 7) is 11.5. The molecule has 0 fully saturated rings. The monoisotopic (exact) mass is 259 g/mol. The molecular formula is C15H33NS. The molecule has 2 atom stereocenters. The molecule has 0 radical (unpaired) electrons. The van der Waals surface area contributed by atoms with Gasteiger partial charge in [0, 0.05) is 16.5 Å². The maximum Gasteiger partial charge on any atom is 0.0158 e. The summed E-state index contributed by atoms with van der Waals surface area (Å²) in [5, 5.41) is 3.50. The van der Waals surface area contributed by atoms with Gasteiger partial charge in [0.2, 0.25) is 0 Å². The number of nitrogens with one attached hydrogen (secondary N) is 1. The average Bonchev–Trinajstić information content (AvgIpc) is 2.27. The number of rotatable bonds is 9. The van der Waals surface area contributed by atoms with Gasteiger partial charge in [0.05, 0.1) is 0 Å².